The van der Waals surface area contributed by atoms with Crippen LogP contribution in [0.4, 0.5) is 0 Å². The lowest BCUT2D eigenvalue weighted by molar-refractivity contribution is -0.170. The zero-order chi connectivity index (χ0) is 27.7. The molecule has 0 spiro atoms. The SMILES string of the molecule is O=C(O)CC(CC(=O)O)(OP(=O)(O)O)C(=O)O.O=C(O)CC(O)(CC(=O)OP(=O)(O)O)C(=O)O. The third-order valence-corrected chi connectivity index (χ3v) is 4.09. The Morgan fingerprint density at radius 3 is 1.24 bits per heavy atom. The van der Waals surface area contributed by atoms with Crippen LogP contribution in [-0.2, 0) is 46.9 Å². The topological polar surface area (TPSA) is 357 Å². The third-order valence-electron chi connectivity index (χ3n) is 3.06. The van der Waals surface area contributed by atoms with Gasteiger partial charge in [0.1, 0.15) is 0 Å². The smallest absolute Gasteiger partial charge is 0.481 e. The summed E-state index contributed by atoms with van der Waals surface area (Å²) in [6, 6.07) is 0. The molecule has 0 rings (SSSR count). The summed E-state index contributed by atoms with van der Waals surface area (Å²) in [4.78, 5) is 96.6. The molecule has 0 aromatic rings. The number of carbonyl (C=O) groups is 6. The molecule has 0 heterocycles. The van der Waals surface area contributed by atoms with E-state index in [-0.39, 0.29) is 0 Å². The first-order chi connectivity index (χ1) is 14.9. The Morgan fingerprint density at radius 1 is 0.618 bits per heavy atom. The fourth-order valence-electron chi connectivity index (χ4n) is 1.90. The van der Waals surface area contributed by atoms with E-state index in [1.807, 2.05) is 0 Å². The van der Waals surface area contributed by atoms with Crippen molar-refractivity contribution in [1.82, 2.24) is 0 Å². The van der Waals surface area contributed by atoms with E-state index in [1.165, 1.54) is 0 Å². The largest absolute Gasteiger partial charge is 0.526 e. The number of aliphatic carboxylic acids is 5. The van der Waals surface area contributed by atoms with Crippen LogP contribution in [0, 0.1) is 0 Å². The normalized spacial score (nSPS) is 13.4. The maximum absolute atomic E-state index is 10.8. The van der Waals surface area contributed by atoms with Crippen LogP contribution >= 0.6 is 15.6 Å². The van der Waals surface area contributed by atoms with Gasteiger partial charge in [0.05, 0.1) is 25.7 Å². The van der Waals surface area contributed by atoms with Crippen LogP contribution < -0.4 is 0 Å². The summed E-state index contributed by atoms with van der Waals surface area (Å²) < 4.78 is 28.1. The van der Waals surface area contributed by atoms with Gasteiger partial charge in [-0.2, -0.15) is 0 Å². The predicted molar refractivity (Wildman–Crippen MR) is 95.6 cm³/mol. The molecule has 0 aromatic heterocycles. The van der Waals surface area contributed by atoms with Crippen LogP contribution in [0.3, 0.4) is 0 Å². The van der Waals surface area contributed by atoms with E-state index < -0.39 is 88.3 Å². The van der Waals surface area contributed by atoms with Gasteiger partial charge in [-0.3, -0.25) is 33.5 Å². The number of hydrogen-bond acceptors (Lipinski definition) is 11. The van der Waals surface area contributed by atoms with Crippen molar-refractivity contribution < 1.29 is 97.2 Å². The average molecular weight is 544 g/mol. The molecule has 0 saturated heterocycles. The van der Waals surface area contributed by atoms with Crippen molar-refractivity contribution in [2.45, 2.75) is 36.9 Å². The van der Waals surface area contributed by atoms with Crippen molar-refractivity contribution in [2.24, 2.45) is 0 Å². The van der Waals surface area contributed by atoms with Crippen LogP contribution in [0.15, 0.2) is 0 Å². The van der Waals surface area contributed by atoms with Crippen molar-refractivity contribution in [1.29, 1.82) is 0 Å². The highest BCUT2D eigenvalue weighted by atomic mass is 31.2. The molecule has 0 aliphatic rings. The number of hydrogen-bond donors (Lipinski definition) is 10. The minimum Gasteiger partial charge on any atom is -0.481 e. The Morgan fingerprint density at radius 2 is 1.00 bits per heavy atom. The molecule has 20 nitrogen and oxygen atoms in total. The first kappa shape index (κ1) is 33.2. The molecule has 0 radical (unpaired) electrons. The molecule has 1 unspecified atom stereocenters. The van der Waals surface area contributed by atoms with Gasteiger partial charge < -0.3 is 44.9 Å². The van der Waals surface area contributed by atoms with Crippen LogP contribution in [0.2, 0.25) is 0 Å². The summed E-state index contributed by atoms with van der Waals surface area (Å²) in [7, 11) is -10.5. The minimum absolute atomic E-state index is 1.32. The first-order valence-corrected chi connectivity index (χ1v) is 10.9. The van der Waals surface area contributed by atoms with Gasteiger partial charge in [0.25, 0.3) is 0 Å². The van der Waals surface area contributed by atoms with Gasteiger partial charge in [0, 0.05) is 0 Å². The summed E-state index contributed by atoms with van der Waals surface area (Å²) in [6.45, 7) is 0. The lowest BCUT2D eigenvalue weighted by Crippen LogP contribution is -2.44. The van der Waals surface area contributed by atoms with E-state index in [0.29, 0.717) is 0 Å². The zero-order valence-corrected chi connectivity index (χ0v) is 18.1. The van der Waals surface area contributed by atoms with Gasteiger partial charge in [-0.15, -0.1) is 0 Å². The summed E-state index contributed by atoms with van der Waals surface area (Å²) in [5.41, 5.74) is -6.01. The molecule has 0 bridgehead atoms. The van der Waals surface area contributed by atoms with Crippen molar-refractivity contribution >= 4 is 51.5 Å². The highest BCUT2D eigenvalue weighted by Gasteiger charge is 2.49. The predicted octanol–water partition coefficient (Wildman–Crippen LogP) is -2.83. The third kappa shape index (κ3) is 14.2. The maximum atomic E-state index is 10.8. The molecule has 0 aliphatic carbocycles. The Bertz CT molecular complexity index is 895. The van der Waals surface area contributed by atoms with Gasteiger partial charge >= 0.3 is 51.5 Å². The Labute approximate surface area is 186 Å². The van der Waals surface area contributed by atoms with E-state index in [9.17, 15) is 43.0 Å². The van der Waals surface area contributed by atoms with E-state index in [1.54, 1.807) is 0 Å². The molecule has 22 heteroatoms. The van der Waals surface area contributed by atoms with E-state index >= 15 is 0 Å². The monoisotopic (exact) mass is 544 g/mol. The Hall–Kier alpha value is -2.96. The molecule has 0 amide bonds. The van der Waals surface area contributed by atoms with Crippen LogP contribution in [0.5, 0.6) is 0 Å². The van der Waals surface area contributed by atoms with Gasteiger partial charge in [0.15, 0.2) is 11.2 Å². The molecular formula is C12H18O20P2. The number of carboxylic acids is 5. The van der Waals surface area contributed by atoms with Gasteiger partial charge in [-0.1, -0.05) is 0 Å². The number of phosphoric ester groups is 2. The number of carbonyl (C=O) groups excluding carboxylic acids is 1. The average Bonchev–Trinajstić information content (AvgIpc) is 2.48. The molecule has 0 aromatic carbocycles. The fraction of sp³-hybridized carbons (Fsp3) is 0.500. The molecule has 196 valence electrons. The molecule has 10 N–H and O–H groups in total. The molecule has 0 fully saturated rings. The summed E-state index contributed by atoms with van der Waals surface area (Å²) in [6.07, 6.45) is -5.53. The lowest BCUT2D eigenvalue weighted by Gasteiger charge is -2.26. The van der Waals surface area contributed by atoms with Crippen molar-refractivity contribution in [3.63, 3.8) is 0 Å². The van der Waals surface area contributed by atoms with Crippen molar-refractivity contribution in [3.8, 4) is 0 Å². The summed E-state index contributed by atoms with van der Waals surface area (Å²) in [5, 5.41) is 51.6. The standard InChI is InChI=1S/2C6H9O10P/c7-3(8)1-6(12,5(10)11)2-4(9)16-17(13,14)15;7-3(8)1-6(5(11)12,2-4(9)10)16-17(13,14)15/h12H,1-2H2,(H,7,8)(H,10,11)(H2,13,14,15);1-2H2,(H,7,8)(H,9,10)(H,11,12)(H2,13,14,15). The van der Waals surface area contributed by atoms with Crippen molar-refractivity contribution in [3.05, 3.63) is 0 Å². The Balaban J connectivity index is 0. The van der Waals surface area contributed by atoms with Crippen LogP contribution in [0.1, 0.15) is 25.7 Å². The zero-order valence-electron chi connectivity index (χ0n) is 16.3. The molecule has 0 saturated carbocycles. The highest BCUT2D eigenvalue weighted by Crippen LogP contribution is 2.44. The van der Waals surface area contributed by atoms with Gasteiger partial charge in [-0.05, 0) is 0 Å². The second kappa shape index (κ2) is 12.5. The first-order valence-electron chi connectivity index (χ1n) is 7.83. The Kier molecular flexibility index (Phi) is 12.2. The number of carboxylic acid groups (broad SMARTS) is 5. The van der Waals surface area contributed by atoms with Crippen LogP contribution in [-0.4, -0.2) is 97.2 Å². The fourth-order valence-corrected chi connectivity index (χ4v) is 2.89. The summed E-state index contributed by atoms with van der Waals surface area (Å²) in [5.74, 6) is -11.1. The van der Waals surface area contributed by atoms with E-state index in [2.05, 4.69) is 9.05 Å². The van der Waals surface area contributed by atoms with Gasteiger partial charge in [0.2, 0.25) is 0 Å². The van der Waals surface area contributed by atoms with Crippen molar-refractivity contribution in [2.75, 3.05) is 0 Å². The second-order valence-corrected chi connectivity index (χ2v) is 8.39. The quantitative estimate of drug-likeness (QED) is 0.104. The molecule has 34 heavy (non-hydrogen) atoms. The molecular weight excluding hydrogens is 526 g/mol. The number of phosphoric acid groups is 2. The van der Waals surface area contributed by atoms with E-state index in [4.69, 9.17) is 45.1 Å². The van der Waals surface area contributed by atoms with E-state index in [0.717, 1.165) is 0 Å². The molecule has 0 aliphatic heterocycles. The van der Waals surface area contributed by atoms with Gasteiger partial charge in [-0.25, -0.2) is 18.7 Å². The summed E-state index contributed by atoms with van der Waals surface area (Å²) >= 11 is 0. The lowest BCUT2D eigenvalue weighted by atomic mass is 9.96. The number of aliphatic hydroxyl groups is 1. The number of rotatable bonds is 13. The second-order valence-electron chi connectivity index (χ2n) is 6.06. The molecule has 1 atom stereocenters. The minimum atomic E-state index is -5.36. The highest BCUT2D eigenvalue weighted by molar-refractivity contribution is 7.47. The maximum Gasteiger partial charge on any atom is 0.526 e. The van der Waals surface area contributed by atoms with Crippen LogP contribution in [0.25, 0.3) is 0 Å².